The largest absolute Gasteiger partial charge is 0.409 e. The van der Waals surface area contributed by atoms with Gasteiger partial charge in [0.1, 0.15) is 5.17 Å². The number of para-hydroxylation sites is 1. The van der Waals surface area contributed by atoms with Crippen molar-refractivity contribution in [3.8, 4) is 11.8 Å². The van der Waals surface area contributed by atoms with Gasteiger partial charge in [0, 0.05) is 17.9 Å². The highest BCUT2D eigenvalue weighted by molar-refractivity contribution is 6.66. The van der Waals surface area contributed by atoms with Crippen LogP contribution in [0.2, 0.25) is 0 Å². The third kappa shape index (κ3) is 2.20. The molecule has 0 N–H and O–H groups in total. The van der Waals surface area contributed by atoms with E-state index in [9.17, 15) is 13.2 Å². The Kier molecular flexibility index (Phi) is 3.06. The summed E-state index contributed by atoms with van der Waals surface area (Å²) < 4.78 is 41.1. The summed E-state index contributed by atoms with van der Waals surface area (Å²) in [6, 6.07) is 6.20. The number of nitrogens with zero attached hydrogens (tertiary/aromatic N) is 1. The summed E-state index contributed by atoms with van der Waals surface area (Å²) in [5.41, 5.74) is -1.87. The van der Waals surface area contributed by atoms with E-state index in [0.29, 0.717) is 0 Å². The van der Waals surface area contributed by atoms with E-state index in [4.69, 9.17) is 11.6 Å². The molecule has 1 saturated carbocycles. The molecule has 0 saturated heterocycles. The first-order valence-corrected chi connectivity index (χ1v) is 6.72. The molecule has 1 aromatic rings. The van der Waals surface area contributed by atoms with Crippen molar-refractivity contribution in [2.75, 3.05) is 0 Å². The highest BCUT2D eigenvalue weighted by atomic mass is 35.5. The molecule has 1 fully saturated rings. The maximum Gasteiger partial charge on any atom is 0.409 e. The maximum atomic E-state index is 13.7. The van der Waals surface area contributed by atoms with Gasteiger partial charge in [-0.2, -0.15) is 13.2 Å². The molecule has 0 aromatic heterocycles. The Labute approximate surface area is 119 Å². The topological polar surface area (TPSA) is 12.4 Å². The fourth-order valence-electron chi connectivity index (χ4n) is 2.30. The molecular formula is C15H11ClF3N. The number of fused-ring (bicyclic) bond motifs is 1. The van der Waals surface area contributed by atoms with Crippen molar-refractivity contribution < 1.29 is 13.2 Å². The third-order valence-electron chi connectivity index (χ3n) is 3.57. The van der Waals surface area contributed by atoms with Crippen molar-refractivity contribution in [3.63, 3.8) is 0 Å². The Balaban J connectivity index is 2.20. The first-order valence-electron chi connectivity index (χ1n) is 6.34. The van der Waals surface area contributed by atoms with Crippen LogP contribution in [0.4, 0.5) is 18.9 Å². The highest BCUT2D eigenvalue weighted by Gasteiger charge is 2.57. The monoisotopic (exact) mass is 297 g/mol. The van der Waals surface area contributed by atoms with Crippen LogP contribution in [-0.2, 0) is 5.41 Å². The minimum absolute atomic E-state index is 0.0499. The van der Waals surface area contributed by atoms with Gasteiger partial charge in [-0.15, -0.1) is 0 Å². The maximum absolute atomic E-state index is 13.7. The quantitative estimate of drug-likeness (QED) is 0.622. The second-order valence-corrected chi connectivity index (χ2v) is 5.56. The van der Waals surface area contributed by atoms with E-state index in [-0.39, 0.29) is 22.3 Å². The van der Waals surface area contributed by atoms with Crippen molar-refractivity contribution in [2.24, 2.45) is 10.9 Å². The summed E-state index contributed by atoms with van der Waals surface area (Å²) in [4.78, 5) is 4.01. The first kappa shape index (κ1) is 13.5. The molecule has 20 heavy (non-hydrogen) atoms. The Morgan fingerprint density at radius 3 is 2.60 bits per heavy atom. The molecule has 2 aliphatic rings. The molecule has 1 nitrogen and oxygen atoms in total. The molecule has 104 valence electrons. The van der Waals surface area contributed by atoms with E-state index in [0.717, 1.165) is 12.8 Å². The van der Waals surface area contributed by atoms with Crippen molar-refractivity contribution in [3.05, 3.63) is 29.8 Å². The zero-order valence-electron chi connectivity index (χ0n) is 10.5. The Morgan fingerprint density at radius 1 is 1.25 bits per heavy atom. The predicted molar refractivity (Wildman–Crippen MR) is 72.2 cm³/mol. The average molecular weight is 298 g/mol. The van der Waals surface area contributed by atoms with Gasteiger partial charge in [0.15, 0.2) is 5.41 Å². The van der Waals surface area contributed by atoms with Gasteiger partial charge in [0.25, 0.3) is 0 Å². The SMILES string of the molecule is FC(F)(F)C1(C#CC2CC2)CC(Cl)=Nc2ccccc21. The van der Waals surface area contributed by atoms with Gasteiger partial charge < -0.3 is 0 Å². The fourth-order valence-corrected chi connectivity index (χ4v) is 2.60. The molecule has 1 aliphatic carbocycles. The van der Waals surface area contributed by atoms with Gasteiger partial charge in [0.05, 0.1) is 5.69 Å². The number of hydrogen-bond acceptors (Lipinski definition) is 1. The number of rotatable bonds is 0. The van der Waals surface area contributed by atoms with E-state index in [1.165, 1.54) is 12.1 Å². The zero-order chi connectivity index (χ0) is 14.4. The van der Waals surface area contributed by atoms with Crippen LogP contribution in [-0.4, -0.2) is 11.3 Å². The van der Waals surface area contributed by atoms with E-state index in [1.807, 2.05) is 0 Å². The smallest absolute Gasteiger partial charge is 0.241 e. The van der Waals surface area contributed by atoms with Gasteiger partial charge in [-0.3, -0.25) is 0 Å². The summed E-state index contributed by atoms with van der Waals surface area (Å²) in [5.74, 6) is 5.33. The highest BCUT2D eigenvalue weighted by Crippen LogP contribution is 2.50. The molecule has 1 aromatic carbocycles. The zero-order valence-corrected chi connectivity index (χ0v) is 11.2. The van der Waals surface area contributed by atoms with E-state index in [1.54, 1.807) is 12.1 Å². The lowest BCUT2D eigenvalue weighted by molar-refractivity contribution is -0.171. The summed E-state index contributed by atoms with van der Waals surface area (Å²) >= 11 is 5.85. The third-order valence-corrected chi connectivity index (χ3v) is 3.79. The van der Waals surface area contributed by atoms with Gasteiger partial charge in [-0.05, 0) is 18.9 Å². The van der Waals surface area contributed by atoms with E-state index < -0.39 is 18.0 Å². The first-order chi connectivity index (χ1) is 9.42. The van der Waals surface area contributed by atoms with Gasteiger partial charge in [0.2, 0.25) is 0 Å². The normalized spacial score (nSPS) is 25.3. The van der Waals surface area contributed by atoms with Crippen LogP contribution in [0.25, 0.3) is 0 Å². The summed E-state index contributed by atoms with van der Waals surface area (Å²) in [7, 11) is 0. The molecular weight excluding hydrogens is 287 g/mol. The molecule has 1 heterocycles. The lowest BCUT2D eigenvalue weighted by Crippen LogP contribution is -2.43. The molecule has 1 atom stereocenters. The summed E-state index contributed by atoms with van der Waals surface area (Å²) in [6.07, 6.45) is -3.13. The standard InChI is InChI=1S/C15H11ClF3N/c16-13-9-14(15(17,18)19,8-7-10-5-6-10)11-3-1-2-4-12(11)20-13/h1-4,10H,5-6,9H2. The van der Waals surface area contributed by atoms with Gasteiger partial charge in [-0.25, -0.2) is 4.99 Å². The van der Waals surface area contributed by atoms with Crippen molar-refractivity contribution in [2.45, 2.75) is 30.9 Å². The molecule has 3 rings (SSSR count). The molecule has 0 bridgehead atoms. The van der Waals surface area contributed by atoms with Crippen molar-refractivity contribution in [1.82, 2.24) is 0 Å². The average Bonchev–Trinajstić information content (AvgIpc) is 3.18. The van der Waals surface area contributed by atoms with Crippen LogP contribution in [0.15, 0.2) is 29.3 Å². The number of benzene rings is 1. The van der Waals surface area contributed by atoms with Crippen LogP contribution in [0.1, 0.15) is 24.8 Å². The van der Waals surface area contributed by atoms with Crippen LogP contribution >= 0.6 is 11.6 Å². The Bertz CT molecular complexity index is 634. The molecule has 0 amide bonds. The van der Waals surface area contributed by atoms with E-state index >= 15 is 0 Å². The summed E-state index contributed by atoms with van der Waals surface area (Å²) in [6.45, 7) is 0. The van der Waals surface area contributed by atoms with Crippen LogP contribution in [0.3, 0.4) is 0 Å². The molecule has 1 unspecified atom stereocenters. The number of hydrogen-bond donors (Lipinski definition) is 0. The fraction of sp³-hybridized carbons (Fsp3) is 0.400. The van der Waals surface area contributed by atoms with Crippen LogP contribution in [0.5, 0.6) is 0 Å². The van der Waals surface area contributed by atoms with Crippen LogP contribution in [0, 0.1) is 17.8 Å². The van der Waals surface area contributed by atoms with Crippen molar-refractivity contribution in [1.29, 1.82) is 0 Å². The Hall–Kier alpha value is -1.47. The minimum Gasteiger partial charge on any atom is -0.241 e. The summed E-state index contributed by atoms with van der Waals surface area (Å²) in [5, 5.41) is -0.0499. The second-order valence-electron chi connectivity index (χ2n) is 5.13. The second kappa shape index (κ2) is 4.53. The lowest BCUT2D eigenvalue weighted by Gasteiger charge is -2.34. The molecule has 0 spiro atoms. The number of aliphatic imine (C=N–C) groups is 1. The number of halogens is 4. The number of alkyl halides is 3. The molecule has 1 aliphatic heterocycles. The minimum atomic E-state index is -4.49. The van der Waals surface area contributed by atoms with Crippen LogP contribution < -0.4 is 0 Å². The van der Waals surface area contributed by atoms with Crippen molar-refractivity contribution >= 4 is 22.5 Å². The van der Waals surface area contributed by atoms with Gasteiger partial charge >= 0.3 is 6.18 Å². The molecule has 0 radical (unpaired) electrons. The Morgan fingerprint density at radius 2 is 1.95 bits per heavy atom. The van der Waals surface area contributed by atoms with E-state index in [2.05, 4.69) is 16.8 Å². The molecule has 5 heteroatoms. The van der Waals surface area contributed by atoms with Gasteiger partial charge in [-0.1, -0.05) is 41.6 Å². The predicted octanol–water partition coefficient (Wildman–Crippen LogP) is 4.57. The lowest BCUT2D eigenvalue weighted by atomic mass is 9.75.